The van der Waals surface area contributed by atoms with E-state index in [1.165, 1.54) is 11.1 Å². The second kappa shape index (κ2) is 19.0. The molecule has 4 rings (SSSR count). The molecule has 0 saturated heterocycles. The number of halogens is 2. The third kappa shape index (κ3) is 12.8. The Morgan fingerprint density at radius 3 is 1.74 bits per heavy atom. The van der Waals surface area contributed by atoms with E-state index in [-0.39, 0.29) is 30.2 Å². The lowest BCUT2D eigenvalue weighted by molar-refractivity contribution is -0.697. The maximum absolute atomic E-state index is 9.03. The van der Waals surface area contributed by atoms with Crippen LogP contribution in [0.4, 0.5) is 0 Å². The van der Waals surface area contributed by atoms with E-state index in [4.69, 9.17) is 10.2 Å². The third-order valence-electron chi connectivity index (χ3n) is 4.73. The topological polar surface area (TPSA) is 57.2 Å². The summed E-state index contributed by atoms with van der Waals surface area (Å²) in [6.45, 7) is 1.12. The second-order valence-corrected chi connectivity index (χ2v) is 8.08. The molecule has 0 fully saturated rings. The predicted octanol–water partition coefficient (Wildman–Crippen LogP) is 1.91. The molecule has 0 bridgehead atoms. The number of aliphatic hydroxyl groups excluding tert-OH is 2. The second-order valence-electron chi connectivity index (χ2n) is 7.29. The fourth-order valence-corrected chi connectivity index (χ4v) is 3.42. The van der Waals surface area contributed by atoms with Gasteiger partial charge in [0.1, 0.15) is 0 Å². The summed E-state index contributed by atoms with van der Waals surface area (Å²) in [5.41, 5.74) is 4.54. The standard InChI is InChI=1S/C14H16NO.C8H9Br.C6H7NO.BrH/c16-12-14-7-4-9-15(11-14)10-8-13-5-2-1-3-6-13;9-7-6-8-4-2-1-3-5-8;8-5-6-2-1-3-7-4-6;/h1-7,9,11,16H,8,10,12H2;1-5H,6-7H2;1-4,8H,5H2;1H/q+1;;;/p-1. The van der Waals surface area contributed by atoms with Crippen LogP contribution in [0.5, 0.6) is 0 Å². The highest BCUT2D eigenvalue weighted by atomic mass is 79.9. The van der Waals surface area contributed by atoms with Crippen molar-refractivity contribution < 1.29 is 31.8 Å². The van der Waals surface area contributed by atoms with E-state index in [0.717, 1.165) is 35.8 Å². The quantitative estimate of drug-likeness (QED) is 0.257. The molecule has 6 heteroatoms. The number of aryl methyl sites for hydroxylation is 3. The van der Waals surface area contributed by atoms with Gasteiger partial charge in [-0.3, -0.25) is 4.98 Å². The van der Waals surface area contributed by atoms with E-state index in [0.29, 0.717) is 0 Å². The number of rotatable bonds is 7. The van der Waals surface area contributed by atoms with Crippen molar-refractivity contribution in [2.75, 3.05) is 5.33 Å². The first-order valence-electron chi connectivity index (χ1n) is 11.0. The number of benzene rings is 2. The molecule has 0 radical (unpaired) electrons. The van der Waals surface area contributed by atoms with Gasteiger partial charge in [0.05, 0.1) is 13.2 Å². The Kier molecular flexibility index (Phi) is 16.6. The first kappa shape index (κ1) is 29.7. The van der Waals surface area contributed by atoms with Gasteiger partial charge in [-0.1, -0.05) is 82.7 Å². The van der Waals surface area contributed by atoms with Gasteiger partial charge in [0.15, 0.2) is 18.9 Å². The van der Waals surface area contributed by atoms with Gasteiger partial charge < -0.3 is 27.2 Å². The molecule has 2 heterocycles. The molecule has 2 aromatic carbocycles. The van der Waals surface area contributed by atoms with Crippen molar-refractivity contribution in [1.82, 2.24) is 4.98 Å². The molecule has 4 aromatic rings. The van der Waals surface area contributed by atoms with Gasteiger partial charge in [0.25, 0.3) is 0 Å². The van der Waals surface area contributed by atoms with E-state index in [2.05, 4.69) is 74.0 Å². The zero-order valence-electron chi connectivity index (χ0n) is 19.2. The van der Waals surface area contributed by atoms with Crippen LogP contribution in [0.25, 0.3) is 0 Å². The number of hydrogen-bond donors (Lipinski definition) is 2. The summed E-state index contributed by atoms with van der Waals surface area (Å²) in [4.78, 5) is 3.80. The van der Waals surface area contributed by atoms with Gasteiger partial charge in [0, 0.05) is 35.8 Å². The number of aromatic nitrogens is 2. The number of alkyl halides is 1. The van der Waals surface area contributed by atoms with E-state index in [1.807, 2.05) is 42.7 Å². The average molecular weight is 588 g/mol. The molecule has 2 aromatic heterocycles. The summed E-state index contributed by atoms with van der Waals surface area (Å²) in [5, 5.41) is 18.6. The molecule has 0 aliphatic carbocycles. The van der Waals surface area contributed by atoms with Gasteiger partial charge in [-0.2, -0.15) is 0 Å². The van der Waals surface area contributed by atoms with Gasteiger partial charge in [-0.05, 0) is 35.2 Å². The minimum Gasteiger partial charge on any atom is -1.00 e. The molecular formula is C28H32Br2N2O2. The van der Waals surface area contributed by atoms with Crippen molar-refractivity contribution in [3.63, 3.8) is 0 Å². The van der Waals surface area contributed by atoms with Crippen molar-refractivity contribution in [1.29, 1.82) is 0 Å². The molecule has 2 N–H and O–H groups in total. The number of pyridine rings is 2. The van der Waals surface area contributed by atoms with Crippen LogP contribution in [0.2, 0.25) is 0 Å². The lowest BCUT2D eigenvalue weighted by Gasteiger charge is -1.99. The monoisotopic (exact) mass is 586 g/mol. The molecule has 34 heavy (non-hydrogen) atoms. The van der Waals surface area contributed by atoms with Crippen molar-refractivity contribution in [2.24, 2.45) is 0 Å². The first-order valence-corrected chi connectivity index (χ1v) is 12.1. The third-order valence-corrected chi connectivity index (χ3v) is 5.13. The van der Waals surface area contributed by atoms with Crippen LogP contribution in [0.1, 0.15) is 22.3 Å². The summed E-state index contributed by atoms with van der Waals surface area (Å²) in [5.74, 6) is 0. The largest absolute Gasteiger partial charge is 1.00 e. The van der Waals surface area contributed by atoms with E-state index >= 15 is 0 Å². The smallest absolute Gasteiger partial charge is 0.174 e. The molecular weight excluding hydrogens is 556 g/mol. The van der Waals surface area contributed by atoms with Gasteiger partial charge in [0.2, 0.25) is 0 Å². The molecule has 0 spiro atoms. The van der Waals surface area contributed by atoms with Crippen molar-refractivity contribution in [3.05, 3.63) is 132 Å². The fraction of sp³-hybridized carbons (Fsp3) is 0.214. The van der Waals surface area contributed by atoms with Gasteiger partial charge in [-0.15, -0.1) is 0 Å². The Balaban J connectivity index is 0.000000274. The van der Waals surface area contributed by atoms with Gasteiger partial charge in [-0.25, -0.2) is 4.57 Å². The molecule has 0 aliphatic heterocycles. The number of nitrogens with zero attached hydrogens (tertiary/aromatic N) is 2. The zero-order chi connectivity index (χ0) is 23.6. The molecule has 0 unspecified atom stereocenters. The predicted molar refractivity (Wildman–Crippen MR) is 137 cm³/mol. The Morgan fingerprint density at radius 2 is 1.24 bits per heavy atom. The van der Waals surface area contributed by atoms with Crippen molar-refractivity contribution >= 4 is 15.9 Å². The fourth-order valence-electron chi connectivity index (χ4n) is 2.96. The first-order chi connectivity index (χ1) is 16.2. The maximum atomic E-state index is 9.03. The zero-order valence-corrected chi connectivity index (χ0v) is 22.4. The minimum absolute atomic E-state index is 0. The van der Waals surface area contributed by atoms with Crippen LogP contribution in [0.15, 0.2) is 110 Å². The van der Waals surface area contributed by atoms with Crippen LogP contribution in [-0.4, -0.2) is 20.5 Å². The Bertz CT molecular complexity index is 1000. The van der Waals surface area contributed by atoms with E-state index in [9.17, 15) is 0 Å². The number of hydrogen-bond acceptors (Lipinski definition) is 3. The molecule has 0 saturated carbocycles. The lowest BCUT2D eigenvalue weighted by atomic mass is 10.1. The van der Waals surface area contributed by atoms with Crippen LogP contribution in [-0.2, 0) is 32.6 Å². The Hall–Kier alpha value is -2.38. The highest BCUT2D eigenvalue weighted by Crippen LogP contribution is 2.01. The summed E-state index contributed by atoms with van der Waals surface area (Å²) >= 11 is 3.39. The summed E-state index contributed by atoms with van der Waals surface area (Å²) in [7, 11) is 0. The molecule has 0 amide bonds. The average Bonchev–Trinajstić information content (AvgIpc) is 2.90. The molecule has 0 atom stereocenters. The Labute approximate surface area is 221 Å². The van der Waals surface area contributed by atoms with Gasteiger partial charge >= 0.3 is 0 Å². The molecule has 4 nitrogen and oxygen atoms in total. The van der Waals surface area contributed by atoms with Crippen LogP contribution in [0.3, 0.4) is 0 Å². The van der Waals surface area contributed by atoms with Crippen molar-refractivity contribution in [2.45, 2.75) is 32.6 Å². The summed E-state index contributed by atoms with van der Waals surface area (Å²) < 4.78 is 2.11. The summed E-state index contributed by atoms with van der Waals surface area (Å²) in [6, 6.07) is 28.4. The molecule has 0 aliphatic rings. The summed E-state index contributed by atoms with van der Waals surface area (Å²) in [6.07, 6.45) is 9.48. The normalized spacial score (nSPS) is 9.50. The van der Waals surface area contributed by atoms with Crippen LogP contribution >= 0.6 is 15.9 Å². The Morgan fingerprint density at radius 1 is 0.676 bits per heavy atom. The van der Waals surface area contributed by atoms with E-state index in [1.54, 1.807) is 18.5 Å². The lowest BCUT2D eigenvalue weighted by Crippen LogP contribution is -3.00. The number of aliphatic hydroxyl groups is 2. The minimum atomic E-state index is 0. The van der Waals surface area contributed by atoms with Crippen molar-refractivity contribution in [3.8, 4) is 0 Å². The highest BCUT2D eigenvalue weighted by molar-refractivity contribution is 9.09. The maximum Gasteiger partial charge on any atom is 0.174 e. The van der Waals surface area contributed by atoms with Crippen LogP contribution in [0, 0.1) is 0 Å². The van der Waals surface area contributed by atoms with E-state index < -0.39 is 0 Å². The SMILES string of the molecule is BrCCc1ccccc1.OCc1ccc[n+](CCc2ccccc2)c1.OCc1cccnc1.[Br-]. The highest BCUT2D eigenvalue weighted by Gasteiger charge is 2.02. The molecule has 180 valence electrons. The van der Waals surface area contributed by atoms with Crippen LogP contribution < -0.4 is 21.5 Å².